The van der Waals surface area contributed by atoms with E-state index in [2.05, 4.69) is 20.8 Å². The maximum atomic E-state index is 12.4. The maximum Gasteiger partial charge on any atom is 0.231 e. The molecule has 1 aliphatic rings. The molecule has 2 amide bonds. The standard InChI is InChI=1S/C16H21N7O2/c17-14(24)11-22-8-4-5-12(10-22)16(25)18-9-15-19-20-21-23(15)13-6-2-1-3-7-13/h1-3,6-7,12H,4-5,8-11H2,(H2,17,24)(H,18,25)/t12-/m0/s1. The molecule has 1 aromatic heterocycles. The van der Waals surface area contributed by atoms with E-state index < -0.39 is 0 Å². The molecule has 2 heterocycles. The van der Waals surface area contributed by atoms with Crippen LogP contribution in [0.25, 0.3) is 5.69 Å². The molecule has 0 unspecified atom stereocenters. The molecule has 1 aromatic carbocycles. The predicted octanol–water partition coefficient (Wildman–Crippen LogP) is -0.524. The zero-order chi connectivity index (χ0) is 17.6. The number of amides is 2. The van der Waals surface area contributed by atoms with Gasteiger partial charge in [-0.3, -0.25) is 14.5 Å². The van der Waals surface area contributed by atoms with Gasteiger partial charge in [0.1, 0.15) is 0 Å². The second-order valence-corrected chi connectivity index (χ2v) is 6.10. The summed E-state index contributed by atoms with van der Waals surface area (Å²) in [7, 11) is 0. The fourth-order valence-corrected chi connectivity index (χ4v) is 3.03. The van der Waals surface area contributed by atoms with Gasteiger partial charge in [-0.2, -0.15) is 4.68 Å². The molecular formula is C16H21N7O2. The fourth-order valence-electron chi connectivity index (χ4n) is 3.03. The number of rotatable bonds is 6. The number of hydrogen-bond donors (Lipinski definition) is 2. The van der Waals surface area contributed by atoms with Gasteiger partial charge in [0.2, 0.25) is 11.8 Å². The number of nitrogens with zero attached hydrogens (tertiary/aromatic N) is 5. The van der Waals surface area contributed by atoms with E-state index in [1.165, 1.54) is 0 Å². The molecule has 2 aromatic rings. The van der Waals surface area contributed by atoms with Gasteiger partial charge in [0.15, 0.2) is 5.82 Å². The highest BCUT2D eigenvalue weighted by Gasteiger charge is 2.26. The average molecular weight is 343 g/mol. The molecule has 0 radical (unpaired) electrons. The van der Waals surface area contributed by atoms with E-state index >= 15 is 0 Å². The fraction of sp³-hybridized carbons (Fsp3) is 0.438. The summed E-state index contributed by atoms with van der Waals surface area (Å²) in [5.41, 5.74) is 6.07. The Hall–Kier alpha value is -2.81. The molecule has 0 bridgehead atoms. The van der Waals surface area contributed by atoms with E-state index in [1.54, 1.807) is 4.68 Å². The Bertz CT molecular complexity index is 731. The van der Waals surface area contributed by atoms with E-state index in [9.17, 15) is 9.59 Å². The molecule has 0 aliphatic carbocycles. The number of hydrogen-bond acceptors (Lipinski definition) is 6. The van der Waals surface area contributed by atoms with Crippen LogP contribution in [0.4, 0.5) is 0 Å². The molecular weight excluding hydrogens is 322 g/mol. The summed E-state index contributed by atoms with van der Waals surface area (Å²) in [6, 6.07) is 9.49. The lowest BCUT2D eigenvalue weighted by atomic mass is 9.97. The number of likely N-dealkylation sites (tertiary alicyclic amines) is 1. The van der Waals surface area contributed by atoms with Crippen LogP contribution in [0.15, 0.2) is 30.3 Å². The van der Waals surface area contributed by atoms with Gasteiger partial charge in [-0.25, -0.2) is 0 Å². The summed E-state index contributed by atoms with van der Waals surface area (Å²) < 4.78 is 1.60. The first-order valence-corrected chi connectivity index (χ1v) is 8.24. The predicted molar refractivity (Wildman–Crippen MR) is 89.4 cm³/mol. The van der Waals surface area contributed by atoms with Crippen LogP contribution in [0.1, 0.15) is 18.7 Å². The van der Waals surface area contributed by atoms with Crippen molar-refractivity contribution < 1.29 is 9.59 Å². The number of benzene rings is 1. The van der Waals surface area contributed by atoms with Crippen LogP contribution in [0.2, 0.25) is 0 Å². The largest absolute Gasteiger partial charge is 0.369 e. The van der Waals surface area contributed by atoms with Gasteiger partial charge < -0.3 is 11.1 Å². The van der Waals surface area contributed by atoms with Crippen molar-refractivity contribution in [2.24, 2.45) is 11.7 Å². The lowest BCUT2D eigenvalue weighted by Gasteiger charge is -2.30. The Morgan fingerprint density at radius 2 is 2.08 bits per heavy atom. The molecule has 0 saturated carbocycles. The normalized spacial score (nSPS) is 18.0. The van der Waals surface area contributed by atoms with Crippen LogP contribution < -0.4 is 11.1 Å². The smallest absolute Gasteiger partial charge is 0.231 e. The Morgan fingerprint density at radius 3 is 2.84 bits per heavy atom. The zero-order valence-corrected chi connectivity index (χ0v) is 13.8. The van der Waals surface area contributed by atoms with Crippen LogP contribution in [-0.4, -0.2) is 56.6 Å². The minimum atomic E-state index is -0.372. The van der Waals surface area contributed by atoms with Gasteiger partial charge in [0.05, 0.1) is 24.7 Å². The van der Waals surface area contributed by atoms with Crippen molar-refractivity contribution in [2.75, 3.05) is 19.6 Å². The molecule has 9 nitrogen and oxygen atoms in total. The average Bonchev–Trinajstić information content (AvgIpc) is 3.08. The highest BCUT2D eigenvalue weighted by Crippen LogP contribution is 2.16. The number of para-hydroxylation sites is 1. The third-order valence-corrected chi connectivity index (χ3v) is 4.21. The van der Waals surface area contributed by atoms with Gasteiger partial charge in [-0.05, 0) is 41.9 Å². The molecule has 1 saturated heterocycles. The van der Waals surface area contributed by atoms with Crippen molar-refractivity contribution in [3.8, 4) is 5.69 Å². The summed E-state index contributed by atoms with van der Waals surface area (Å²) in [4.78, 5) is 25.4. The van der Waals surface area contributed by atoms with Crippen LogP contribution in [0.3, 0.4) is 0 Å². The summed E-state index contributed by atoms with van der Waals surface area (Å²) in [5.74, 6) is -0.0293. The Morgan fingerprint density at radius 1 is 1.28 bits per heavy atom. The van der Waals surface area contributed by atoms with E-state index in [4.69, 9.17) is 5.73 Å². The molecule has 1 fully saturated rings. The number of carbonyl (C=O) groups is 2. The highest BCUT2D eigenvalue weighted by molar-refractivity contribution is 5.79. The molecule has 0 spiro atoms. The molecule has 132 valence electrons. The van der Waals surface area contributed by atoms with Gasteiger partial charge in [0, 0.05) is 6.54 Å². The third kappa shape index (κ3) is 4.38. The molecule has 25 heavy (non-hydrogen) atoms. The summed E-state index contributed by atoms with van der Waals surface area (Å²) in [6.45, 7) is 1.76. The molecule has 1 aliphatic heterocycles. The van der Waals surface area contributed by atoms with Crippen molar-refractivity contribution >= 4 is 11.8 Å². The number of nitrogens with two attached hydrogens (primary N) is 1. The topological polar surface area (TPSA) is 119 Å². The first kappa shape index (κ1) is 17.0. The number of carbonyl (C=O) groups excluding carboxylic acids is 2. The Balaban J connectivity index is 1.58. The maximum absolute atomic E-state index is 12.4. The van der Waals surface area contributed by atoms with Crippen molar-refractivity contribution in [3.05, 3.63) is 36.2 Å². The number of piperidine rings is 1. The second kappa shape index (κ2) is 7.84. The van der Waals surface area contributed by atoms with Crippen LogP contribution >= 0.6 is 0 Å². The van der Waals surface area contributed by atoms with Gasteiger partial charge >= 0.3 is 0 Å². The van der Waals surface area contributed by atoms with E-state index in [1.807, 2.05) is 35.2 Å². The summed E-state index contributed by atoms with van der Waals surface area (Å²) in [6.07, 6.45) is 1.66. The van der Waals surface area contributed by atoms with Crippen molar-refractivity contribution in [1.29, 1.82) is 0 Å². The minimum Gasteiger partial charge on any atom is -0.369 e. The molecule has 3 N–H and O–H groups in total. The van der Waals surface area contributed by atoms with E-state index in [0.29, 0.717) is 12.4 Å². The van der Waals surface area contributed by atoms with Crippen LogP contribution in [0, 0.1) is 5.92 Å². The summed E-state index contributed by atoms with van der Waals surface area (Å²) in [5, 5.41) is 14.5. The van der Waals surface area contributed by atoms with E-state index in [0.717, 1.165) is 25.1 Å². The number of nitrogens with one attached hydrogen (secondary N) is 1. The van der Waals surface area contributed by atoms with Gasteiger partial charge in [0.25, 0.3) is 0 Å². The lowest BCUT2D eigenvalue weighted by molar-refractivity contribution is -0.128. The third-order valence-electron chi connectivity index (χ3n) is 4.21. The number of primary amides is 1. The van der Waals surface area contributed by atoms with Crippen molar-refractivity contribution in [3.63, 3.8) is 0 Å². The molecule has 1 atom stereocenters. The van der Waals surface area contributed by atoms with Crippen molar-refractivity contribution in [2.45, 2.75) is 19.4 Å². The Labute approximate surface area is 145 Å². The first-order chi connectivity index (χ1) is 12.1. The highest BCUT2D eigenvalue weighted by atomic mass is 16.2. The second-order valence-electron chi connectivity index (χ2n) is 6.10. The lowest BCUT2D eigenvalue weighted by Crippen LogP contribution is -2.45. The molecule has 3 rings (SSSR count). The SMILES string of the molecule is NC(=O)CN1CCC[C@H](C(=O)NCc2nnnn2-c2ccccc2)C1. The van der Waals surface area contributed by atoms with Crippen LogP contribution in [-0.2, 0) is 16.1 Å². The van der Waals surface area contributed by atoms with Gasteiger partial charge in [-0.15, -0.1) is 5.10 Å². The minimum absolute atomic E-state index is 0.0585. The summed E-state index contributed by atoms with van der Waals surface area (Å²) >= 11 is 0. The van der Waals surface area contributed by atoms with Gasteiger partial charge in [-0.1, -0.05) is 18.2 Å². The van der Waals surface area contributed by atoms with Crippen LogP contribution in [0.5, 0.6) is 0 Å². The quantitative estimate of drug-likeness (QED) is 0.728. The monoisotopic (exact) mass is 343 g/mol. The Kier molecular flexibility index (Phi) is 5.34. The number of tetrazole rings is 1. The van der Waals surface area contributed by atoms with Crippen molar-refractivity contribution in [1.82, 2.24) is 30.4 Å². The first-order valence-electron chi connectivity index (χ1n) is 8.24. The molecule has 9 heteroatoms. The zero-order valence-electron chi connectivity index (χ0n) is 13.8. The van der Waals surface area contributed by atoms with E-state index in [-0.39, 0.29) is 30.8 Å². The number of aromatic nitrogens is 4.